The fraction of sp³-hybridized carbons (Fsp3) is 0.609. The SMILES string of the molecule is CNC(=O)CN1CCOCC2(CCCN(Cc3ccc(F)cc3)C2)C1.O=C(O)C(F)(F)F.O=C(O)C(F)(F)F. The zero-order valence-corrected chi connectivity index (χ0v) is 20.9. The van der Waals surface area contributed by atoms with Gasteiger partial charge in [0.1, 0.15) is 5.82 Å². The molecule has 0 saturated carbocycles. The third-order valence-electron chi connectivity index (χ3n) is 5.71. The molecule has 2 aliphatic heterocycles. The molecule has 0 aromatic heterocycles. The summed E-state index contributed by atoms with van der Waals surface area (Å²) in [6, 6.07) is 6.76. The first-order valence-corrected chi connectivity index (χ1v) is 11.5. The normalized spacial score (nSPS) is 20.5. The quantitative estimate of drug-likeness (QED) is 0.468. The standard InChI is InChI=1S/C19H28FN3O2.2C2HF3O2/c1-21-18(24)12-23-9-10-25-15-19(14-23)7-2-8-22(13-19)11-16-3-5-17(20)6-4-16;2*3-2(4,5)1(6)7/h3-6H,2,7-15H2,1H3,(H,21,24);2*(H,6,7). The topological polar surface area (TPSA) is 119 Å². The van der Waals surface area contributed by atoms with Crippen LogP contribution in [0.1, 0.15) is 18.4 Å². The van der Waals surface area contributed by atoms with Gasteiger partial charge < -0.3 is 20.3 Å². The highest BCUT2D eigenvalue weighted by atomic mass is 19.4. The number of ether oxygens (including phenoxy) is 1. The van der Waals surface area contributed by atoms with Gasteiger partial charge in [0, 0.05) is 38.6 Å². The first-order valence-electron chi connectivity index (χ1n) is 11.5. The lowest BCUT2D eigenvalue weighted by Gasteiger charge is -2.43. The molecule has 1 aromatic carbocycles. The van der Waals surface area contributed by atoms with E-state index in [1.807, 2.05) is 12.1 Å². The summed E-state index contributed by atoms with van der Waals surface area (Å²) in [4.78, 5) is 34.2. The second kappa shape index (κ2) is 15.0. The number of aliphatic carboxylic acids is 2. The molecule has 16 heteroatoms. The predicted molar refractivity (Wildman–Crippen MR) is 122 cm³/mol. The van der Waals surface area contributed by atoms with Gasteiger partial charge in [-0.15, -0.1) is 0 Å². The molecule has 9 nitrogen and oxygen atoms in total. The van der Waals surface area contributed by atoms with Crippen LogP contribution in [0.15, 0.2) is 24.3 Å². The van der Waals surface area contributed by atoms with E-state index in [4.69, 9.17) is 24.5 Å². The number of alkyl halides is 6. The van der Waals surface area contributed by atoms with Crippen molar-refractivity contribution >= 4 is 17.8 Å². The molecule has 2 aliphatic rings. The Morgan fingerprint density at radius 2 is 1.46 bits per heavy atom. The van der Waals surface area contributed by atoms with Crippen molar-refractivity contribution in [2.75, 3.05) is 53.0 Å². The van der Waals surface area contributed by atoms with E-state index in [1.54, 1.807) is 7.05 Å². The van der Waals surface area contributed by atoms with Crippen LogP contribution in [0.25, 0.3) is 0 Å². The average Bonchev–Trinajstić information content (AvgIpc) is 3.01. The van der Waals surface area contributed by atoms with Gasteiger partial charge >= 0.3 is 24.3 Å². The van der Waals surface area contributed by atoms with Crippen LogP contribution in [-0.2, 0) is 25.7 Å². The molecule has 1 aromatic rings. The molecule has 3 N–H and O–H groups in total. The van der Waals surface area contributed by atoms with Gasteiger partial charge in [-0.1, -0.05) is 12.1 Å². The Labute approximate surface area is 219 Å². The molecule has 1 unspecified atom stereocenters. The maximum absolute atomic E-state index is 13.1. The van der Waals surface area contributed by atoms with Crippen molar-refractivity contribution in [1.29, 1.82) is 0 Å². The number of rotatable bonds is 4. The van der Waals surface area contributed by atoms with Crippen LogP contribution in [0.4, 0.5) is 30.7 Å². The van der Waals surface area contributed by atoms with E-state index in [2.05, 4.69) is 15.1 Å². The number of carboxylic acid groups (broad SMARTS) is 2. The summed E-state index contributed by atoms with van der Waals surface area (Å²) in [6.07, 6.45) is -7.92. The van der Waals surface area contributed by atoms with Crippen molar-refractivity contribution in [3.8, 4) is 0 Å². The summed E-state index contributed by atoms with van der Waals surface area (Å²) in [7, 11) is 1.68. The number of carbonyl (C=O) groups excluding carboxylic acids is 1. The van der Waals surface area contributed by atoms with Crippen molar-refractivity contribution in [3.63, 3.8) is 0 Å². The molecule has 3 rings (SSSR count). The summed E-state index contributed by atoms with van der Waals surface area (Å²) in [5.41, 5.74) is 1.21. The molecule has 2 heterocycles. The Morgan fingerprint density at radius 1 is 0.949 bits per heavy atom. The van der Waals surface area contributed by atoms with Gasteiger partial charge in [-0.05, 0) is 37.1 Å². The van der Waals surface area contributed by atoms with E-state index < -0.39 is 24.3 Å². The van der Waals surface area contributed by atoms with E-state index in [9.17, 15) is 35.5 Å². The van der Waals surface area contributed by atoms with E-state index in [0.717, 1.165) is 57.7 Å². The fourth-order valence-electron chi connectivity index (χ4n) is 4.04. The summed E-state index contributed by atoms with van der Waals surface area (Å²) >= 11 is 0. The smallest absolute Gasteiger partial charge is 0.475 e. The van der Waals surface area contributed by atoms with E-state index >= 15 is 0 Å². The van der Waals surface area contributed by atoms with Crippen LogP contribution in [0, 0.1) is 11.2 Å². The number of amides is 1. The minimum Gasteiger partial charge on any atom is -0.475 e. The van der Waals surface area contributed by atoms with Crippen molar-refractivity contribution in [2.24, 2.45) is 5.41 Å². The zero-order valence-electron chi connectivity index (χ0n) is 20.9. The number of likely N-dealkylation sites (N-methyl/N-ethyl adjacent to an activating group) is 1. The van der Waals surface area contributed by atoms with Crippen molar-refractivity contribution in [2.45, 2.75) is 31.7 Å². The second-order valence-electron chi connectivity index (χ2n) is 8.98. The molecule has 39 heavy (non-hydrogen) atoms. The Bertz CT molecular complexity index is 920. The van der Waals surface area contributed by atoms with Gasteiger partial charge in [0.05, 0.1) is 19.8 Å². The van der Waals surface area contributed by atoms with Gasteiger partial charge in [-0.25, -0.2) is 14.0 Å². The Kier molecular flexibility index (Phi) is 13.1. The molecule has 2 fully saturated rings. The van der Waals surface area contributed by atoms with Gasteiger partial charge in [0.15, 0.2) is 0 Å². The fourth-order valence-corrected chi connectivity index (χ4v) is 4.04. The summed E-state index contributed by atoms with van der Waals surface area (Å²) in [5, 5.41) is 17.0. The summed E-state index contributed by atoms with van der Waals surface area (Å²) < 4.78 is 82.5. The molecule has 1 spiro atoms. The lowest BCUT2D eigenvalue weighted by Crippen LogP contribution is -2.51. The highest BCUT2D eigenvalue weighted by Gasteiger charge is 2.40. The van der Waals surface area contributed by atoms with E-state index in [-0.39, 0.29) is 17.1 Å². The zero-order chi connectivity index (χ0) is 29.9. The molecule has 1 amide bonds. The van der Waals surface area contributed by atoms with Crippen LogP contribution < -0.4 is 5.32 Å². The number of hydrogen-bond donors (Lipinski definition) is 3. The number of carboxylic acids is 2. The van der Waals surface area contributed by atoms with Crippen molar-refractivity contribution in [3.05, 3.63) is 35.6 Å². The predicted octanol–water partition coefficient (Wildman–Crippen LogP) is 2.75. The number of piperidine rings is 1. The van der Waals surface area contributed by atoms with Crippen LogP contribution in [0.3, 0.4) is 0 Å². The third kappa shape index (κ3) is 13.1. The van der Waals surface area contributed by atoms with Gasteiger partial charge in [0.25, 0.3) is 0 Å². The average molecular weight is 577 g/mol. The lowest BCUT2D eigenvalue weighted by molar-refractivity contribution is -0.193. The van der Waals surface area contributed by atoms with Crippen LogP contribution in [0.2, 0.25) is 0 Å². The molecule has 0 radical (unpaired) electrons. The largest absolute Gasteiger partial charge is 0.490 e. The number of carbonyl (C=O) groups is 3. The minimum absolute atomic E-state index is 0.0519. The van der Waals surface area contributed by atoms with Crippen LogP contribution in [0.5, 0.6) is 0 Å². The monoisotopic (exact) mass is 577 g/mol. The Hall–Kier alpha value is -2.98. The maximum Gasteiger partial charge on any atom is 0.490 e. The third-order valence-corrected chi connectivity index (χ3v) is 5.71. The molecule has 0 bridgehead atoms. The van der Waals surface area contributed by atoms with Crippen molar-refractivity contribution < 1.29 is 60.1 Å². The number of likely N-dealkylation sites (tertiary alicyclic amines) is 1. The highest BCUT2D eigenvalue weighted by molar-refractivity contribution is 5.77. The van der Waals surface area contributed by atoms with Crippen molar-refractivity contribution in [1.82, 2.24) is 15.1 Å². The Balaban J connectivity index is 0.000000449. The molecule has 2 saturated heterocycles. The van der Waals surface area contributed by atoms with E-state index in [1.165, 1.54) is 12.1 Å². The number of halogens is 7. The first-order chi connectivity index (χ1) is 18.0. The summed E-state index contributed by atoms with van der Waals surface area (Å²) in [5.74, 6) is -5.66. The number of nitrogens with one attached hydrogen (secondary N) is 1. The van der Waals surface area contributed by atoms with E-state index in [0.29, 0.717) is 13.2 Å². The molecule has 1 atom stereocenters. The number of hydrogen-bond acceptors (Lipinski definition) is 6. The Morgan fingerprint density at radius 3 is 1.95 bits per heavy atom. The maximum atomic E-state index is 13.1. The number of nitrogens with zero attached hydrogens (tertiary/aromatic N) is 2. The molecule has 222 valence electrons. The highest BCUT2D eigenvalue weighted by Crippen LogP contribution is 2.33. The molecular formula is C23H30F7N3O6. The summed E-state index contributed by atoms with van der Waals surface area (Å²) in [6.45, 7) is 6.38. The molecular weight excluding hydrogens is 547 g/mol. The van der Waals surface area contributed by atoms with Gasteiger partial charge in [0.2, 0.25) is 5.91 Å². The lowest BCUT2D eigenvalue weighted by atomic mass is 9.80. The van der Waals surface area contributed by atoms with Gasteiger partial charge in [-0.3, -0.25) is 14.6 Å². The molecule has 0 aliphatic carbocycles. The first kappa shape index (κ1) is 34.0. The number of benzene rings is 1. The minimum atomic E-state index is -5.08. The van der Waals surface area contributed by atoms with Crippen LogP contribution in [-0.4, -0.2) is 103 Å². The second-order valence-corrected chi connectivity index (χ2v) is 8.98. The van der Waals surface area contributed by atoms with Gasteiger partial charge in [-0.2, -0.15) is 26.3 Å². The van der Waals surface area contributed by atoms with Crippen LogP contribution >= 0.6 is 0 Å².